The maximum atomic E-state index is 10.1. The Kier molecular flexibility index (Phi) is 5.33. The zero-order valence-electron chi connectivity index (χ0n) is 6.07. The van der Waals surface area contributed by atoms with E-state index in [-0.39, 0.29) is 31.0 Å². The monoisotopic (exact) mass is 162 g/mol. The molecular weight excluding hydrogens is 155 g/mol. The van der Waals surface area contributed by atoms with Gasteiger partial charge in [0, 0.05) is 6.42 Å². The Labute approximate surface area is 78.9 Å². The van der Waals surface area contributed by atoms with Crippen molar-refractivity contribution in [2.75, 3.05) is 6.61 Å². The van der Waals surface area contributed by atoms with E-state index in [0.717, 1.165) is 0 Å². The molecule has 50 valence electrons. The van der Waals surface area contributed by atoms with E-state index in [1.165, 1.54) is 0 Å². The molecule has 2 unspecified atom stereocenters. The molecule has 1 saturated heterocycles. The zero-order chi connectivity index (χ0) is 5.98. The van der Waals surface area contributed by atoms with Crippen LogP contribution in [0.4, 0.5) is 0 Å². The summed E-state index contributed by atoms with van der Waals surface area (Å²) in [6.07, 6.45) is 0.503. The van der Waals surface area contributed by atoms with Gasteiger partial charge in [-0.15, -0.1) is 0 Å². The van der Waals surface area contributed by atoms with Crippen LogP contribution in [0.2, 0.25) is 0 Å². The van der Waals surface area contributed by atoms with Gasteiger partial charge < -0.3 is 5.98 Å². The Morgan fingerprint density at radius 3 is 2.67 bits per heavy atom. The van der Waals surface area contributed by atoms with Crippen LogP contribution >= 0.6 is 0 Å². The van der Waals surface area contributed by atoms with E-state index in [4.69, 9.17) is 4.55 Å². The first-order valence-corrected chi connectivity index (χ1v) is 3.35. The Morgan fingerprint density at radius 2 is 2.44 bits per heavy atom. The van der Waals surface area contributed by atoms with Gasteiger partial charge in [-0.1, -0.05) is 0 Å². The van der Waals surface area contributed by atoms with Gasteiger partial charge in [0.05, 0.1) is 6.61 Å². The number of hydrogen-bond donors (Lipinski definition) is 1. The molecule has 1 fully saturated rings. The van der Waals surface area contributed by atoms with E-state index < -0.39 is 16.5 Å². The van der Waals surface area contributed by atoms with Crippen molar-refractivity contribution in [2.24, 2.45) is 0 Å². The van der Waals surface area contributed by atoms with Gasteiger partial charge in [0.1, 0.15) is 0 Å². The van der Waals surface area contributed by atoms with Gasteiger partial charge in [0.25, 0.3) is 0 Å². The maximum absolute atomic E-state index is 10.1. The molecule has 0 aromatic carbocycles. The van der Waals surface area contributed by atoms with Gasteiger partial charge in [-0.2, -0.15) is 0 Å². The quantitative estimate of drug-likeness (QED) is 0.254. The third-order valence-corrected chi connectivity index (χ3v) is 1.60. The Hall–Kier alpha value is 1.03. The van der Waals surface area contributed by atoms with Crippen molar-refractivity contribution in [1.29, 1.82) is 0 Å². The second-order valence-electron chi connectivity index (χ2n) is 1.41. The van der Waals surface area contributed by atoms with Crippen LogP contribution in [0.1, 0.15) is 7.85 Å². The van der Waals surface area contributed by atoms with Gasteiger partial charge in [-0.3, -0.25) is 0 Å². The third kappa shape index (κ3) is 3.08. The summed E-state index contributed by atoms with van der Waals surface area (Å²) in [6.45, 7) is 0.414. The molecule has 0 aromatic heterocycles. The van der Waals surface area contributed by atoms with Crippen LogP contribution in [0.15, 0.2) is 0 Å². The second kappa shape index (κ2) is 4.79. The molecule has 1 aliphatic rings. The standard InChI is InChI=1S/C3H6O4S.Na.H/c4-8(5)3-1-2-6-7-3;;/h3H,1-2H2,(H,4,5);;/q;+1;-1. The molecule has 0 saturated carbocycles. The summed E-state index contributed by atoms with van der Waals surface area (Å²) in [5.41, 5.74) is -0.630. The van der Waals surface area contributed by atoms with E-state index in [1.54, 1.807) is 0 Å². The molecule has 0 bridgehead atoms. The molecule has 1 heterocycles. The fraction of sp³-hybridized carbons (Fsp3) is 1.00. The number of rotatable bonds is 1. The summed E-state index contributed by atoms with van der Waals surface area (Å²) in [4.78, 5) is 8.73. The van der Waals surface area contributed by atoms with Crippen molar-refractivity contribution < 1.29 is 49.5 Å². The summed E-state index contributed by atoms with van der Waals surface area (Å²) >= 11 is -1.89. The first kappa shape index (κ1) is 10.0. The van der Waals surface area contributed by atoms with E-state index in [0.29, 0.717) is 13.0 Å². The van der Waals surface area contributed by atoms with E-state index in [9.17, 15) is 4.21 Å². The van der Waals surface area contributed by atoms with Crippen LogP contribution in [0.3, 0.4) is 0 Å². The second-order valence-corrected chi connectivity index (χ2v) is 2.49. The van der Waals surface area contributed by atoms with Crippen molar-refractivity contribution in [3.05, 3.63) is 0 Å². The van der Waals surface area contributed by atoms with Gasteiger partial charge >= 0.3 is 29.6 Å². The fourth-order valence-corrected chi connectivity index (χ4v) is 0.872. The molecule has 0 spiro atoms. The van der Waals surface area contributed by atoms with Crippen molar-refractivity contribution in [3.8, 4) is 0 Å². The molecule has 1 aliphatic heterocycles. The van der Waals surface area contributed by atoms with Crippen molar-refractivity contribution >= 4 is 11.1 Å². The molecule has 2 atom stereocenters. The van der Waals surface area contributed by atoms with Gasteiger partial charge in [-0.05, 0) is 0 Å². The molecule has 1 N–H and O–H groups in total. The van der Waals surface area contributed by atoms with Crippen molar-refractivity contribution in [3.63, 3.8) is 0 Å². The zero-order valence-corrected chi connectivity index (χ0v) is 7.89. The first-order valence-electron chi connectivity index (χ1n) is 2.18. The van der Waals surface area contributed by atoms with E-state index in [2.05, 4.69) is 9.78 Å². The summed E-state index contributed by atoms with van der Waals surface area (Å²) in [7, 11) is 0. The molecule has 6 heteroatoms. The Morgan fingerprint density at radius 1 is 1.78 bits per heavy atom. The van der Waals surface area contributed by atoms with Gasteiger partial charge in [-0.25, -0.2) is 14.0 Å². The minimum Gasteiger partial charge on any atom is -1.00 e. The fourth-order valence-electron chi connectivity index (χ4n) is 0.451. The minimum atomic E-state index is -1.89. The average molecular weight is 162 g/mol. The summed E-state index contributed by atoms with van der Waals surface area (Å²) in [5.74, 6) is 0. The van der Waals surface area contributed by atoms with Crippen LogP contribution < -0.4 is 29.6 Å². The van der Waals surface area contributed by atoms with Gasteiger partial charge in [0.15, 0.2) is 16.5 Å². The Balaban J connectivity index is 0. The van der Waals surface area contributed by atoms with Crippen LogP contribution in [-0.4, -0.2) is 20.8 Å². The molecule has 0 amide bonds. The summed E-state index contributed by atoms with van der Waals surface area (Å²) in [6, 6.07) is 0. The first-order chi connectivity index (χ1) is 3.80. The summed E-state index contributed by atoms with van der Waals surface area (Å²) in [5, 5.41) is 0. The molecule has 4 nitrogen and oxygen atoms in total. The molecule has 9 heavy (non-hydrogen) atoms. The average Bonchev–Trinajstić information content (AvgIpc) is 2.12. The number of hydrogen-bond acceptors (Lipinski definition) is 3. The van der Waals surface area contributed by atoms with Gasteiger partial charge in [0.2, 0.25) is 0 Å². The predicted molar refractivity (Wildman–Crippen MR) is 27.3 cm³/mol. The minimum absolute atomic E-state index is 0. The van der Waals surface area contributed by atoms with Crippen LogP contribution in [0.5, 0.6) is 0 Å². The predicted octanol–water partition coefficient (Wildman–Crippen LogP) is -3.00. The molecule has 0 radical (unpaired) electrons. The summed E-state index contributed by atoms with van der Waals surface area (Å²) < 4.78 is 18.4. The van der Waals surface area contributed by atoms with Crippen LogP contribution in [-0.2, 0) is 20.9 Å². The third-order valence-electron chi connectivity index (χ3n) is 0.837. The molecule has 1 rings (SSSR count). The SMILES string of the molecule is O=S(O)C1CCOO1.[H-].[Na+]. The van der Waals surface area contributed by atoms with Crippen molar-refractivity contribution in [2.45, 2.75) is 11.9 Å². The topological polar surface area (TPSA) is 55.8 Å². The van der Waals surface area contributed by atoms with Crippen LogP contribution in [0.25, 0.3) is 0 Å². The molecule has 0 aliphatic carbocycles. The van der Waals surface area contributed by atoms with Crippen molar-refractivity contribution in [1.82, 2.24) is 0 Å². The van der Waals surface area contributed by atoms with E-state index >= 15 is 0 Å². The molecular formula is C3H7NaO4S. The Bertz CT molecular complexity index is 107. The molecule has 0 aromatic rings. The maximum Gasteiger partial charge on any atom is 1.00 e. The smallest absolute Gasteiger partial charge is 1.00 e. The normalized spacial score (nSPS) is 29.2. The van der Waals surface area contributed by atoms with Crippen LogP contribution in [0, 0.1) is 0 Å². The van der Waals surface area contributed by atoms with E-state index in [1.807, 2.05) is 0 Å². The largest absolute Gasteiger partial charge is 1.00 e.